The van der Waals surface area contributed by atoms with E-state index in [1.54, 1.807) is 23.9 Å². The van der Waals surface area contributed by atoms with Gasteiger partial charge in [0.05, 0.1) is 28.4 Å². The van der Waals surface area contributed by atoms with Crippen LogP contribution in [0.5, 0.6) is 0 Å². The zero-order valence-electron chi connectivity index (χ0n) is 9.25. The van der Waals surface area contributed by atoms with Crippen LogP contribution in [0.3, 0.4) is 0 Å². The van der Waals surface area contributed by atoms with Crippen LogP contribution in [0.2, 0.25) is 0 Å². The van der Waals surface area contributed by atoms with Gasteiger partial charge in [-0.25, -0.2) is 9.97 Å². The first kappa shape index (κ1) is 11.4. The van der Waals surface area contributed by atoms with Crippen molar-refractivity contribution in [1.82, 2.24) is 14.5 Å². The molecule has 0 saturated heterocycles. The molecule has 0 saturated carbocycles. The zero-order chi connectivity index (χ0) is 11.5. The molecule has 0 aliphatic carbocycles. The van der Waals surface area contributed by atoms with Crippen molar-refractivity contribution in [3.05, 3.63) is 34.8 Å². The van der Waals surface area contributed by atoms with Gasteiger partial charge in [-0.2, -0.15) is 0 Å². The molecule has 84 valence electrons. The van der Waals surface area contributed by atoms with Crippen molar-refractivity contribution < 1.29 is 0 Å². The number of hydrogen-bond acceptors (Lipinski definition) is 4. The predicted molar refractivity (Wildman–Crippen MR) is 70.1 cm³/mol. The highest BCUT2D eigenvalue weighted by atomic mass is 32.1. The molecule has 0 aliphatic heterocycles. The van der Waals surface area contributed by atoms with E-state index in [1.165, 1.54) is 0 Å². The second kappa shape index (κ2) is 4.84. The standard InChI is InChI=1S/C11H13N3S2/c1-8(2)9-6-16-10(13-9)5-11(15)14-4-3-12-7-14/h3-4,6-8H,5H2,1-2H3. The first-order valence-corrected chi connectivity index (χ1v) is 6.41. The van der Waals surface area contributed by atoms with E-state index < -0.39 is 0 Å². The molecule has 5 heteroatoms. The van der Waals surface area contributed by atoms with Gasteiger partial charge >= 0.3 is 0 Å². The van der Waals surface area contributed by atoms with E-state index in [4.69, 9.17) is 12.2 Å². The lowest BCUT2D eigenvalue weighted by Gasteiger charge is -2.01. The third-order valence-corrected chi connectivity index (χ3v) is 3.48. The molecule has 0 aromatic carbocycles. The van der Waals surface area contributed by atoms with E-state index in [2.05, 4.69) is 29.2 Å². The van der Waals surface area contributed by atoms with Crippen LogP contribution in [-0.2, 0) is 6.42 Å². The van der Waals surface area contributed by atoms with Gasteiger partial charge in [0.1, 0.15) is 0 Å². The summed E-state index contributed by atoms with van der Waals surface area (Å²) in [6.45, 7) is 4.29. The summed E-state index contributed by atoms with van der Waals surface area (Å²) in [5.41, 5.74) is 1.15. The summed E-state index contributed by atoms with van der Waals surface area (Å²) in [5, 5.41) is 3.18. The molecule has 0 atom stereocenters. The Morgan fingerprint density at radius 2 is 2.38 bits per heavy atom. The van der Waals surface area contributed by atoms with Crippen molar-refractivity contribution >= 4 is 28.5 Å². The topological polar surface area (TPSA) is 30.7 Å². The van der Waals surface area contributed by atoms with Crippen molar-refractivity contribution in [2.24, 2.45) is 0 Å². The predicted octanol–water partition coefficient (Wildman–Crippen LogP) is 2.88. The fraction of sp³-hybridized carbons (Fsp3) is 0.364. The number of nitrogens with zero attached hydrogens (tertiary/aromatic N) is 3. The Bertz CT molecular complexity index is 471. The molecule has 0 unspecified atom stereocenters. The number of imidazole rings is 1. The summed E-state index contributed by atoms with van der Waals surface area (Å²) in [5.74, 6) is 0.479. The molecule has 0 aliphatic rings. The van der Waals surface area contributed by atoms with Gasteiger partial charge in [-0.15, -0.1) is 11.3 Å². The van der Waals surface area contributed by atoms with E-state index in [1.807, 2.05) is 10.8 Å². The second-order valence-electron chi connectivity index (χ2n) is 3.86. The number of thiazole rings is 1. The van der Waals surface area contributed by atoms with Crippen molar-refractivity contribution in [2.75, 3.05) is 0 Å². The van der Waals surface area contributed by atoms with E-state index in [0.717, 1.165) is 15.7 Å². The molecule has 16 heavy (non-hydrogen) atoms. The Morgan fingerprint density at radius 3 is 2.94 bits per heavy atom. The Morgan fingerprint density at radius 1 is 1.56 bits per heavy atom. The fourth-order valence-electron chi connectivity index (χ4n) is 1.30. The molecule has 0 bridgehead atoms. The lowest BCUT2D eigenvalue weighted by Crippen LogP contribution is -2.09. The average Bonchev–Trinajstić information content (AvgIpc) is 2.87. The lowest BCUT2D eigenvalue weighted by molar-refractivity contribution is 0.826. The van der Waals surface area contributed by atoms with E-state index >= 15 is 0 Å². The quantitative estimate of drug-likeness (QED) is 0.786. The number of hydrogen-bond donors (Lipinski definition) is 0. The first-order chi connectivity index (χ1) is 7.66. The maximum atomic E-state index is 5.32. The van der Waals surface area contributed by atoms with Gasteiger partial charge in [-0.05, 0) is 5.92 Å². The van der Waals surface area contributed by atoms with Crippen LogP contribution in [-0.4, -0.2) is 19.5 Å². The number of rotatable bonds is 3. The second-order valence-corrected chi connectivity index (χ2v) is 5.28. The van der Waals surface area contributed by atoms with Crippen LogP contribution in [0.25, 0.3) is 0 Å². The molecule has 2 aromatic rings. The minimum Gasteiger partial charge on any atom is -0.300 e. The van der Waals surface area contributed by atoms with Crippen LogP contribution < -0.4 is 0 Å². The molecule has 2 aromatic heterocycles. The smallest absolute Gasteiger partial charge is 0.0996 e. The van der Waals surface area contributed by atoms with Crippen molar-refractivity contribution in [1.29, 1.82) is 0 Å². The van der Waals surface area contributed by atoms with Crippen LogP contribution in [0.15, 0.2) is 24.1 Å². The third-order valence-electron chi connectivity index (χ3n) is 2.26. The van der Waals surface area contributed by atoms with Crippen LogP contribution in [0.1, 0.15) is 30.5 Å². The highest BCUT2D eigenvalue weighted by molar-refractivity contribution is 7.80. The summed E-state index contributed by atoms with van der Waals surface area (Å²) >= 11 is 6.99. The SMILES string of the molecule is CC(C)c1csc(CC(=S)n2ccnc2)n1. The molecule has 0 fully saturated rings. The summed E-state index contributed by atoms with van der Waals surface area (Å²) in [6, 6.07) is 0. The molecule has 0 amide bonds. The van der Waals surface area contributed by atoms with Gasteiger partial charge in [-0.3, -0.25) is 4.57 Å². The molecule has 0 N–H and O–H groups in total. The molecule has 0 spiro atoms. The van der Waals surface area contributed by atoms with Crippen LogP contribution in [0.4, 0.5) is 0 Å². The lowest BCUT2D eigenvalue weighted by atomic mass is 10.2. The van der Waals surface area contributed by atoms with Gasteiger partial charge in [0.25, 0.3) is 0 Å². The minimum absolute atomic E-state index is 0.479. The largest absolute Gasteiger partial charge is 0.300 e. The molecule has 3 nitrogen and oxygen atoms in total. The highest BCUT2D eigenvalue weighted by Crippen LogP contribution is 2.18. The number of aromatic nitrogens is 3. The Hall–Kier alpha value is -1.07. The van der Waals surface area contributed by atoms with Gasteiger partial charge < -0.3 is 0 Å². The van der Waals surface area contributed by atoms with Crippen molar-refractivity contribution in [3.63, 3.8) is 0 Å². The van der Waals surface area contributed by atoms with Crippen molar-refractivity contribution in [3.8, 4) is 0 Å². The van der Waals surface area contributed by atoms with Gasteiger partial charge in [-0.1, -0.05) is 26.1 Å². The Labute approximate surface area is 104 Å². The number of thiocarbonyl (C=S) groups is 1. The first-order valence-electron chi connectivity index (χ1n) is 5.12. The molecule has 0 radical (unpaired) electrons. The Balaban J connectivity index is 2.07. The molecule has 2 heterocycles. The Kier molecular flexibility index (Phi) is 3.46. The third kappa shape index (κ3) is 2.54. The minimum atomic E-state index is 0.479. The normalized spacial score (nSPS) is 10.9. The van der Waals surface area contributed by atoms with E-state index in [-0.39, 0.29) is 0 Å². The van der Waals surface area contributed by atoms with Gasteiger partial charge in [0.2, 0.25) is 0 Å². The summed E-state index contributed by atoms with van der Waals surface area (Å²) < 4.78 is 1.85. The summed E-state index contributed by atoms with van der Waals surface area (Å²) in [4.78, 5) is 9.37. The maximum absolute atomic E-state index is 5.32. The monoisotopic (exact) mass is 251 g/mol. The van der Waals surface area contributed by atoms with E-state index in [0.29, 0.717) is 12.3 Å². The van der Waals surface area contributed by atoms with Crippen LogP contribution >= 0.6 is 23.6 Å². The van der Waals surface area contributed by atoms with Gasteiger partial charge in [0.15, 0.2) is 0 Å². The van der Waals surface area contributed by atoms with E-state index in [9.17, 15) is 0 Å². The van der Waals surface area contributed by atoms with Crippen molar-refractivity contribution in [2.45, 2.75) is 26.2 Å². The molecule has 2 rings (SSSR count). The highest BCUT2D eigenvalue weighted by Gasteiger charge is 2.08. The zero-order valence-corrected chi connectivity index (χ0v) is 10.9. The maximum Gasteiger partial charge on any atom is 0.0996 e. The summed E-state index contributed by atoms with van der Waals surface area (Å²) in [7, 11) is 0. The van der Waals surface area contributed by atoms with Gasteiger partial charge in [0, 0.05) is 17.8 Å². The van der Waals surface area contributed by atoms with Crippen LogP contribution in [0, 0.1) is 0 Å². The fourth-order valence-corrected chi connectivity index (χ4v) is 2.59. The summed E-state index contributed by atoms with van der Waals surface area (Å²) in [6.07, 6.45) is 6.02. The average molecular weight is 251 g/mol. The molecular weight excluding hydrogens is 238 g/mol. The molecular formula is C11H13N3S2.